The number of aldehydes is 2. The topological polar surface area (TPSA) is 74.6 Å². The Balaban J connectivity index is 0.000000517. The summed E-state index contributed by atoms with van der Waals surface area (Å²) in [4.78, 5) is 20.7. The molecule has 0 saturated heterocycles. The van der Waals surface area contributed by atoms with E-state index in [-0.39, 0.29) is 40.0 Å². The molecule has 4 aliphatic carbocycles. The Morgan fingerprint density at radius 3 is 1.36 bits per heavy atom. The average Bonchev–Trinajstić information content (AvgIpc) is 3.84. The van der Waals surface area contributed by atoms with Gasteiger partial charge >= 0.3 is 7.12 Å². The van der Waals surface area contributed by atoms with Crippen LogP contribution in [0.4, 0.5) is 0 Å². The van der Waals surface area contributed by atoms with Crippen molar-refractivity contribution in [3.63, 3.8) is 0 Å². The smallest absolute Gasteiger partial charge is 0.427 e. The SMILES string of the molecule is C1CCCC1.C1CCCC1.O=Cc1cccc(Br)c1.O=Cc1cccc(C2CCCC2)c1.OB(O)C1CCCC1.[Fe].[Fe]. The van der Waals surface area contributed by atoms with Crippen molar-refractivity contribution in [2.75, 3.05) is 0 Å². The molecule has 2 N–H and O–H groups in total. The van der Waals surface area contributed by atoms with Crippen molar-refractivity contribution >= 4 is 35.6 Å². The summed E-state index contributed by atoms with van der Waals surface area (Å²) in [5.74, 6) is 0.884. The molecule has 0 aromatic heterocycles. The van der Waals surface area contributed by atoms with Crippen LogP contribution in [0.2, 0.25) is 5.82 Å². The summed E-state index contributed by atoms with van der Waals surface area (Å²) >= 11 is 3.24. The van der Waals surface area contributed by atoms with Gasteiger partial charge in [-0.1, -0.05) is 149 Å². The largest absolute Gasteiger partial charge is 0.454 e. The summed E-state index contributed by atoms with van der Waals surface area (Å²) in [6.45, 7) is 0. The van der Waals surface area contributed by atoms with Gasteiger partial charge in [0.15, 0.2) is 0 Å². The van der Waals surface area contributed by atoms with Gasteiger partial charge in [-0.15, -0.1) is 0 Å². The minimum absolute atomic E-state index is 0. The molecule has 4 aliphatic rings. The normalized spacial score (nSPS) is 17.2. The Morgan fingerprint density at radius 1 is 0.595 bits per heavy atom. The summed E-state index contributed by atoms with van der Waals surface area (Å²) < 4.78 is 0.937. The Morgan fingerprint density at radius 2 is 1.00 bits per heavy atom. The summed E-state index contributed by atoms with van der Waals surface area (Å²) in [6, 6.07) is 15.3. The molecular weight excluding hydrogens is 675 g/mol. The average molecular weight is 725 g/mol. The van der Waals surface area contributed by atoms with Gasteiger partial charge in [0, 0.05) is 49.7 Å². The van der Waals surface area contributed by atoms with E-state index < -0.39 is 7.12 Å². The van der Waals surface area contributed by atoms with Crippen LogP contribution in [0.25, 0.3) is 0 Å². The quantitative estimate of drug-likeness (QED) is 0.243. The standard InChI is InChI=1S/C12H14O.C7H5BrO.C5H11BO2.2C5H10.2Fe/c13-9-10-4-3-7-12(8-10)11-5-1-2-6-11;8-7-3-1-2-6(4-7)5-9;7-6(8)5-3-1-2-4-5;2*1-2-4-5-3-1;;/h3-4,7-9,11H,1-2,5-6H2;1-5H;5,7-8H,1-4H2;2*1-5H2;;. The summed E-state index contributed by atoms with van der Waals surface area (Å²) in [6.07, 6.45) is 26.4. The fourth-order valence-electron chi connectivity index (χ4n) is 5.75. The van der Waals surface area contributed by atoms with Crippen LogP contribution in [-0.2, 0) is 34.1 Å². The monoisotopic (exact) mass is 724 g/mol. The molecule has 4 saturated carbocycles. The number of carbonyl (C=O) groups excluding carboxylic acids is 2. The van der Waals surface area contributed by atoms with Crippen molar-refractivity contribution < 1.29 is 53.8 Å². The maximum absolute atomic E-state index is 10.6. The zero-order valence-electron chi connectivity index (χ0n) is 25.0. The predicted molar refractivity (Wildman–Crippen MR) is 171 cm³/mol. The molecule has 0 aliphatic heterocycles. The van der Waals surface area contributed by atoms with Crippen molar-refractivity contribution in [3.8, 4) is 0 Å². The second kappa shape index (κ2) is 26.7. The van der Waals surface area contributed by atoms with Crippen LogP contribution in [-0.4, -0.2) is 29.7 Å². The van der Waals surface area contributed by atoms with Crippen LogP contribution in [0, 0.1) is 0 Å². The maximum atomic E-state index is 10.6. The second-order valence-corrected chi connectivity index (χ2v) is 12.4. The maximum Gasteiger partial charge on any atom is 0.454 e. The third kappa shape index (κ3) is 18.8. The minimum Gasteiger partial charge on any atom is -0.427 e. The van der Waals surface area contributed by atoms with Crippen molar-refractivity contribution in [2.45, 2.75) is 127 Å². The van der Waals surface area contributed by atoms with E-state index in [1.165, 1.54) is 108 Å². The second-order valence-electron chi connectivity index (χ2n) is 11.4. The molecule has 0 radical (unpaired) electrons. The molecule has 0 heterocycles. The Labute approximate surface area is 284 Å². The van der Waals surface area contributed by atoms with Crippen LogP contribution in [0.3, 0.4) is 0 Å². The number of halogens is 1. The van der Waals surface area contributed by atoms with Gasteiger partial charge in [-0.2, -0.15) is 0 Å². The molecule has 8 heteroatoms. The third-order valence-electron chi connectivity index (χ3n) is 8.18. The Bertz CT molecular complexity index is 917. The molecule has 0 amide bonds. The molecule has 0 unspecified atom stereocenters. The van der Waals surface area contributed by atoms with E-state index in [4.69, 9.17) is 10.0 Å². The van der Waals surface area contributed by atoms with Crippen LogP contribution >= 0.6 is 15.9 Å². The first-order valence-electron chi connectivity index (χ1n) is 15.7. The molecule has 4 nitrogen and oxygen atoms in total. The van der Waals surface area contributed by atoms with Gasteiger partial charge < -0.3 is 10.0 Å². The van der Waals surface area contributed by atoms with E-state index >= 15 is 0 Å². The van der Waals surface area contributed by atoms with Gasteiger partial charge in [-0.05, 0) is 48.3 Å². The van der Waals surface area contributed by atoms with Crippen molar-refractivity contribution in [1.29, 1.82) is 0 Å². The molecular formula is C34H50BBrFe2O4. The number of carbonyl (C=O) groups is 2. The van der Waals surface area contributed by atoms with Gasteiger partial charge in [0.25, 0.3) is 0 Å². The number of hydrogen-bond acceptors (Lipinski definition) is 4. The van der Waals surface area contributed by atoms with Gasteiger partial charge in [0.1, 0.15) is 12.6 Å². The Hall–Kier alpha value is -0.716. The van der Waals surface area contributed by atoms with E-state index in [1.807, 2.05) is 30.3 Å². The zero-order valence-corrected chi connectivity index (χ0v) is 28.8. The molecule has 42 heavy (non-hydrogen) atoms. The first kappa shape index (κ1) is 41.3. The molecule has 0 bridgehead atoms. The molecule has 236 valence electrons. The molecule has 2 aromatic rings. The number of rotatable bonds is 4. The fraction of sp³-hybridized carbons (Fsp3) is 0.588. The number of hydrogen-bond donors (Lipinski definition) is 2. The fourth-order valence-corrected chi connectivity index (χ4v) is 6.17. The van der Waals surface area contributed by atoms with Crippen molar-refractivity contribution in [2.24, 2.45) is 0 Å². The van der Waals surface area contributed by atoms with E-state index in [0.717, 1.165) is 35.5 Å². The van der Waals surface area contributed by atoms with Gasteiger partial charge in [-0.25, -0.2) is 0 Å². The molecule has 6 rings (SSSR count). The third-order valence-corrected chi connectivity index (χ3v) is 8.67. The molecule has 0 spiro atoms. The van der Waals surface area contributed by atoms with Crippen molar-refractivity contribution in [1.82, 2.24) is 0 Å². The van der Waals surface area contributed by atoms with E-state index in [9.17, 15) is 9.59 Å². The van der Waals surface area contributed by atoms with Crippen molar-refractivity contribution in [3.05, 3.63) is 69.7 Å². The van der Waals surface area contributed by atoms with E-state index in [2.05, 4.69) is 22.0 Å². The molecule has 4 fully saturated rings. The summed E-state index contributed by atoms with van der Waals surface area (Å²) in [5, 5.41) is 17.2. The van der Waals surface area contributed by atoms with E-state index in [0.29, 0.717) is 11.5 Å². The van der Waals surface area contributed by atoms with Crippen LogP contribution in [0.5, 0.6) is 0 Å². The Kier molecular flexibility index (Phi) is 26.2. The zero-order chi connectivity index (χ0) is 28.8. The van der Waals surface area contributed by atoms with Gasteiger partial charge in [-0.3, -0.25) is 9.59 Å². The van der Waals surface area contributed by atoms with Crippen LogP contribution in [0.1, 0.15) is 148 Å². The molecule has 2 aromatic carbocycles. The van der Waals surface area contributed by atoms with E-state index in [1.54, 1.807) is 12.1 Å². The summed E-state index contributed by atoms with van der Waals surface area (Å²) in [5.41, 5.74) is 2.86. The van der Waals surface area contributed by atoms with Crippen LogP contribution < -0.4 is 0 Å². The van der Waals surface area contributed by atoms with Gasteiger partial charge in [0.05, 0.1) is 0 Å². The first-order valence-corrected chi connectivity index (χ1v) is 16.4. The predicted octanol–water partition coefficient (Wildman–Crippen LogP) is 9.72. The number of benzene rings is 2. The summed E-state index contributed by atoms with van der Waals surface area (Å²) in [7, 11) is -1.06. The first-order chi connectivity index (χ1) is 19.5. The minimum atomic E-state index is -1.06. The van der Waals surface area contributed by atoms with Crippen LogP contribution in [0.15, 0.2) is 53.0 Å². The van der Waals surface area contributed by atoms with Gasteiger partial charge in [0.2, 0.25) is 0 Å². The molecule has 0 atom stereocenters.